The zero-order valence-corrected chi connectivity index (χ0v) is 4.79. The molecular formula is CH2O4S2-2. The van der Waals surface area contributed by atoms with Crippen molar-refractivity contribution in [2.24, 2.45) is 0 Å². The molecule has 0 aliphatic heterocycles. The van der Waals surface area contributed by atoms with E-state index in [0.29, 0.717) is 0 Å². The van der Waals surface area contributed by atoms with Gasteiger partial charge in [-0.3, -0.25) is 8.42 Å². The minimum absolute atomic E-state index is 0.806. The summed E-state index contributed by atoms with van der Waals surface area (Å²) in [5, 5.41) is -0.806. The second-order valence-corrected chi connectivity index (χ2v) is 2.88. The fraction of sp³-hybridized carbons (Fsp3) is 1.00. The first kappa shape index (κ1) is 7.22. The van der Waals surface area contributed by atoms with Gasteiger partial charge in [-0.15, -0.1) is 0 Å². The van der Waals surface area contributed by atoms with Crippen LogP contribution in [0.5, 0.6) is 0 Å². The molecule has 0 rings (SSSR count). The van der Waals surface area contributed by atoms with Crippen molar-refractivity contribution in [3.05, 3.63) is 0 Å². The highest BCUT2D eigenvalue weighted by Crippen LogP contribution is 1.75. The van der Waals surface area contributed by atoms with E-state index < -0.39 is 27.2 Å². The second-order valence-electron chi connectivity index (χ2n) is 0.725. The summed E-state index contributed by atoms with van der Waals surface area (Å²) in [6.45, 7) is 0. The molecule has 0 amide bonds. The maximum atomic E-state index is 9.42. The molecule has 0 aliphatic rings. The minimum atomic E-state index is -2.46. The predicted molar refractivity (Wildman–Crippen MR) is 22.7 cm³/mol. The van der Waals surface area contributed by atoms with Crippen LogP contribution in [-0.2, 0) is 22.2 Å². The Hall–Kier alpha value is 0.220. The van der Waals surface area contributed by atoms with Gasteiger partial charge in [0.2, 0.25) is 0 Å². The van der Waals surface area contributed by atoms with Crippen molar-refractivity contribution in [1.82, 2.24) is 0 Å². The molecule has 0 bridgehead atoms. The first-order chi connectivity index (χ1) is 3.13. The quantitative estimate of drug-likeness (QED) is 0.449. The number of hydrogen-bond donors (Lipinski definition) is 0. The van der Waals surface area contributed by atoms with Crippen LogP contribution in [0.1, 0.15) is 0 Å². The van der Waals surface area contributed by atoms with Gasteiger partial charge in [-0.2, -0.15) is 0 Å². The van der Waals surface area contributed by atoms with Crippen LogP contribution in [-0.4, -0.2) is 22.6 Å². The van der Waals surface area contributed by atoms with Gasteiger partial charge in [0.05, 0.1) is 5.08 Å². The molecule has 0 N–H and O–H groups in total. The Labute approximate surface area is 45.5 Å². The van der Waals surface area contributed by atoms with Crippen LogP contribution in [0.3, 0.4) is 0 Å². The molecule has 0 aromatic heterocycles. The van der Waals surface area contributed by atoms with Crippen LogP contribution in [0.2, 0.25) is 0 Å². The topological polar surface area (TPSA) is 80.3 Å². The Kier molecular flexibility index (Phi) is 3.35. The molecule has 0 aromatic rings. The van der Waals surface area contributed by atoms with Crippen LogP contribution in [0.25, 0.3) is 0 Å². The molecule has 0 heterocycles. The summed E-state index contributed by atoms with van der Waals surface area (Å²) in [5.41, 5.74) is 0. The standard InChI is InChI=1S/CH4O4S2/c2-6(3)1-7(4)5/h1H2,(H,2,3)(H,4,5)/p-2. The van der Waals surface area contributed by atoms with Crippen molar-refractivity contribution in [3.63, 3.8) is 0 Å². The molecular weight excluding hydrogens is 140 g/mol. The van der Waals surface area contributed by atoms with Crippen molar-refractivity contribution in [3.8, 4) is 0 Å². The van der Waals surface area contributed by atoms with Crippen molar-refractivity contribution in [2.45, 2.75) is 0 Å². The maximum absolute atomic E-state index is 9.42. The SMILES string of the molecule is O=S([O-])CS(=O)[O-]. The summed E-state index contributed by atoms with van der Waals surface area (Å²) in [7, 11) is 0. The molecule has 0 aliphatic carbocycles. The normalized spacial score (nSPS) is 18.6. The molecule has 44 valence electrons. The summed E-state index contributed by atoms with van der Waals surface area (Å²) in [5.74, 6) is 0. The monoisotopic (exact) mass is 142 g/mol. The Balaban J connectivity index is 3.32. The Morgan fingerprint density at radius 1 is 1.14 bits per heavy atom. The molecule has 0 spiro atoms. The van der Waals surface area contributed by atoms with Gasteiger partial charge in [-0.05, 0) is 22.2 Å². The average Bonchev–Trinajstić information content (AvgIpc) is 1.27. The zero-order chi connectivity index (χ0) is 5.86. The van der Waals surface area contributed by atoms with Gasteiger partial charge in [0, 0.05) is 0 Å². The summed E-state index contributed by atoms with van der Waals surface area (Å²) in [6, 6.07) is 0. The van der Waals surface area contributed by atoms with Crippen LogP contribution in [0.4, 0.5) is 0 Å². The maximum Gasteiger partial charge on any atom is 0.0728 e. The molecule has 0 saturated carbocycles. The fourth-order valence-corrected chi connectivity index (χ4v) is 0.707. The molecule has 6 heteroatoms. The van der Waals surface area contributed by atoms with Gasteiger partial charge in [-0.1, -0.05) is 0 Å². The van der Waals surface area contributed by atoms with Gasteiger partial charge >= 0.3 is 0 Å². The third-order valence-electron chi connectivity index (χ3n) is 0.192. The second kappa shape index (κ2) is 3.25. The van der Waals surface area contributed by atoms with E-state index in [-0.39, 0.29) is 0 Å². The molecule has 0 saturated heterocycles. The Bertz CT molecular complexity index is 85.9. The number of hydrogen-bond acceptors (Lipinski definition) is 4. The molecule has 7 heavy (non-hydrogen) atoms. The average molecular weight is 142 g/mol. The van der Waals surface area contributed by atoms with Crippen LogP contribution in [0.15, 0.2) is 0 Å². The summed E-state index contributed by atoms with van der Waals surface area (Å²) < 4.78 is 37.7. The van der Waals surface area contributed by atoms with Crippen LogP contribution in [0, 0.1) is 0 Å². The molecule has 0 aromatic carbocycles. The first-order valence-electron chi connectivity index (χ1n) is 1.24. The van der Waals surface area contributed by atoms with Gasteiger partial charge in [-0.25, -0.2) is 0 Å². The molecule has 2 unspecified atom stereocenters. The molecule has 0 fully saturated rings. The van der Waals surface area contributed by atoms with E-state index in [4.69, 9.17) is 0 Å². The highest BCUT2D eigenvalue weighted by atomic mass is 32.3. The molecule has 2 atom stereocenters. The van der Waals surface area contributed by atoms with Gasteiger partial charge < -0.3 is 9.11 Å². The Morgan fingerprint density at radius 2 is 1.43 bits per heavy atom. The first-order valence-corrected chi connectivity index (χ1v) is 3.73. The summed E-state index contributed by atoms with van der Waals surface area (Å²) in [4.78, 5) is 0. The van der Waals surface area contributed by atoms with E-state index in [1.54, 1.807) is 0 Å². The zero-order valence-electron chi connectivity index (χ0n) is 3.16. The lowest BCUT2D eigenvalue weighted by Gasteiger charge is -2.05. The summed E-state index contributed by atoms with van der Waals surface area (Å²) >= 11 is -4.92. The van der Waals surface area contributed by atoms with Crippen molar-refractivity contribution >= 4 is 22.2 Å². The highest BCUT2D eigenvalue weighted by Gasteiger charge is 1.77. The van der Waals surface area contributed by atoms with E-state index in [0.717, 1.165) is 0 Å². The lowest BCUT2D eigenvalue weighted by molar-refractivity contribution is 0.528. The van der Waals surface area contributed by atoms with E-state index in [1.807, 2.05) is 0 Å². The van der Waals surface area contributed by atoms with E-state index >= 15 is 0 Å². The third kappa shape index (κ3) is 6.22. The van der Waals surface area contributed by atoms with Crippen LogP contribution >= 0.6 is 0 Å². The Morgan fingerprint density at radius 3 is 1.43 bits per heavy atom. The van der Waals surface area contributed by atoms with Crippen molar-refractivity contribution in [1.29, 1.82) is 0 Å². The fourth-order valence-electron chi connectivity index (χ4n) is 0.0786. The lowest BCUT2D eigenvalue weighted by Crippen LogP contribution is -2.01. The van der Waals surface area contributed by atoms with Gasteiger partial charge in [0.25, 0.3) is 0 Å². The lowest BCUT2D eigenvalue weighted by atomic mass is 11.9. The highest BCUT2D eigenvalue weighted by molar-refractivity contribution is 7.96. The van der Waals surface area contributed by atoms with Gasteiger partial charge in [0.15, 0.2) is 0 Å². The predicted octanol–water partition coefficient (Wildman–Crippen LogP) is -1.30. The van der Waals surface area contributed by atoms with Crippen molar-refractivity contribution in [2.75, 3.05) is 5.08 Å². The minimum Gasteiger partial charge on any atom is -0.772 e. The van der Waals surface area contributed by atoms with E-state index in [1.165, 1.54) is 0 Å². The largest absolute Gasteiger partial charge is 0.772 e. The summed E-state index contributed by atoms with van der Waals surface area (Å²) in [6.07, 6.45) is 0. The number of rotatable bonds is 2. The molecule has 4 nitrogen and oxygen atoms in total. The molecule has 0 radical (unpaired) electrons. The van der Waals surface area contributed by atoms with E-state index in [2.05, 4.69) is 0 Å². The van der Waals surface area contributed by atoms with Crippen molar-refractivity contribution < 1.29 is 17.5 Å². The van der Waals surface area contributed by atoms with Gasteiger partial charge in [0.1, 0.15) is 0 Å². The third-order valence-corrected chi connectivity index (χ3v) is 1.73. The van der Waals surface area contributed by atoms with E-state index in [9.17, 15) is 17.5 Å². The van der Waals surface area contributed by atoms with Crippen LogP contribution < -0.4 is 0 Å². The smallest absolute Gasteiger partial charge is 0.0728 e.